The number of fused-ring (bicyclic) bond motifs is 1. The largest absolute Gasteiger partial charge is 0.416 e. The molecule has 3 aromatic rings. The first kappa shape index (κ1) is 21.9. The fraction of sp³-hybridized carbons (Fsp3) is 0.208. The molecule has 0 aromatic heterocycles. The molecule has 1 amide bonds. The summed E-state index contributed by atoms with van der Waals surface area (Å²) in [4.78, 5) is 13.2. The summed E-state index contributed by atoms with van der Waals surface area (Å²) in [5.41, 5.74) is -1.49. The lowest BCUT2D eigenvalue weighted by Crippen LogP contribution is -2.39. The van der Waals surface area contributed by atoms with Crippen LogP contribution in [0.2, 0.25) is 0 Å². The summed E-state index contributed by atoms with van der Waals surface area (Å²) in [6.45, 7) is 0. The molecular weight excluding hydrogens is 432 g/mol. The highest BCUT2D eigenvalue weighted by molar-refractivity contribution is 6.06. The minimum absolute atomic E-state index is 0.101. The topological polar surface area (TPSA) is 29.1 Å². The molecule has 0 bridgehead atoms. The van der Waals surface area contributed by atoms with Crippen molar-refractivity contribution < 1.29 is 31.1 Å². The lowest BCUT2D eigenvalue weighted by molar-refractivity contribution is -0.138. The van der Waals surface area contributed by atoms with Crippen LogP contribution in [0.5, 0.6) is 0 Å². The van der Waals surface area contributed by atoms with Gasteiger partial charge >= 0.3 is 12.4 Å². The molecule has 0 aliphatic carbocycles. The maximum Gasteiger partial charge on any atom is 0.416 e. The van der Waals surface area contributed by atoms with Gasteiger partial charge in [-0.05, 0) is 47.7 Å². The van der Waals surface area contributed by atoms with Gasteiger partial charge in [0.05, 0.1) is 16.5 Å². The van der Waals surface area contributed by atoms with Crippen LogP contribution in [0.4, 0.5) is 32.0 Å². The Morgan fingerprint density at radius 3 is 1.69 bits per heavy atom. The fourth-order valence-electron chi connectivity index (χ4n) is 4.20. The van der Waals surface area contributed by atoms with Crippen LogP contribution < -0.4 is 5.32 Å². The van der Waals surface area contributed by atoms with Crippen LogP contribution >= 0.6 is 0 Å². The van der Waals surface area contributed by atoms with E-state index in [1.165, 1.54) is 24.3 Å². The summed E-state index contributed by atoms with van der Waals surface area (Å²) in [6.07, 6.45) is -9.31. The summed E-state index contributed by atoms with van der Waals surface area (Å²) in [5, 5.41) is 2.74. The number of amides is 1. The van der Waals surface area contributed by atoms with Crippen molar-refractivity contribution in [1.29, 1.82) is 0 Å². The van der Waals surface area contributed by atoms with Gasteiger partial charge in [0.1, 0.15) is 0 Å². The third kappa shape index (κ3) is 4.09. The van der Waals surface area contributed by atoms with Crippen molar-refractivity contribution in [3.8, 4) is 0 Å². The Hall–Kier alpha value is -3.29. The summed E-state index contributed by atoms with van der Waals surface area (Å²) in [5.74, 6) is -0.464. The highest BCUT2D eigenvalue weighted by Crippen LogP contribution is 2.43. The SMILES string of the molecule is O=C1Nc2ccccc2C1(Cc1cccc(C(F)(F)F)c1)Cc1cccc(C(F)(F)F)c1. The average Bonchev–Trinajstić information content (AvgIpc) is 2.98. The summed E-state index contributed by atoms with van der Waals surface area (Å²) in [6, 6.07) is 16.0. The molecule has 1 heterocycles. The molecule has 0 unspecified atom stereocenters. The molecule has 8 heteroatoms. The predicted octanol–water partition coefficient (Wildman–Crippen LogP) is 6.40. The first-order valence-electron chi connectivity index (χ1n) is 9.72. The van der Waals surface area contributed by atoms with Crippen LogP contribution in [0.25, 0.3) is 0 Å². The summed E-state index contributed by atoms with van der Waals surface area (Å²) >= 11 is 0. The highest BCUT2D eigenvalue weighted by atomic mass is 19.4. The van der Waals surface area contributed by atoms with Crippen LogP contribution in [0.15, 0.2) is 72.8 Å². The molecular formula is C24H17F6NO. The van der Waals surface area contributed by atoms with E-state index in [0.29, 0.717) is 11.3 Å². The zero-order chi connectivity index (χ0) is 23.1. The van der Waals surface area contributed by atoms with E-state index in [1.807, 2.05) is 0 Å². The Morgan fingerprint density at radius 2 is 1.19 bits per heavy atom. The minimum atomic E-state index is -4.56. The predicted molar refractivity (Wildman–Crippen MR) is 107 cm³/mol. The number of carbonyl (C=O) groups is 1. The Labute approximate surface area is 179 Å². The van der Waals surface area contributed by atoms with Gasteiger partial charge in [0.15, 0.2) is 0 Å². The monoisotopic (exact) mass is 449 g/mol. The first-order chi connectivity index (χ1) is 15.0. The van der Waals surface area contributed by atoms with Gasteiger partial charge in [-0.25, -0.2) is 0 Å². The van der Waals surface area contributed by atoms with Crippen molar-refractivity contribution in [1.82, 2.24) is 0 Å². The van der Waals surface area contributed by atoms with Gasteiger partial charge in [0.2, 0.25) is 5.91 Å². The van der Waals surface area contributed by atoms with Gasteiger partial charge < -0.3 is 5.32 Å². The molecule has 0 saturated heterocycles. The number of carbonyl (C=O) groups excluding carboxylic acids is 1. The standard InChI is InChI=1S/C24H17F6NO/c25-23(26,27)17-7-3-5-15(11-17)13-22(19-9-1-2-10-20(19)31-21(22)32)14-16-6-4-8-18(12-16)24(28,29)30/h1-12H,13-14H2,(H,31,32). The van der Waals surface area contributed by atoms with Gasteiger partial charge in [-0.1, -0.05) is 54.6 Å². The number of para-hydroxylation sites is 1. The molecule has 1 aliphatic rings. The number of rotatable bonds is 4. The van der Waals surface area contributed by atoms with E-state index in [4.69, 9.17) is 0 Å². The van der Waals surface area contributed by atoms with Gasteiger partial charge in [-0.2, -0.15) is 26.3 Å². The van der Waals surface area contributed by atoms with E-state index >= 15 is 0 Å². The van der Waals surface area contributed by atoms with E-state index in [1.54, 1.807) is 24.3 Å². The van der Waals surface area contributed by atoms with Gasteiger partial charge in [0, 0.05) is 5.69 Å². The molecule has 0 fully saturated rings. The number of hydrogen-bond donors (Lipinski definition) is 1. The lowest BCUT2D eigenvalue weighted by atomic mass is 9.72. The highest BCUT2D eigenvalue weighted by Gasteiger charge is 2.47. The summed E-state index contributed by atoms with van der Waals surface area (Å²) in [7, 11) is 0. The first-order valence-corrected chi connectivity index (χ1v) is 9.72. The number of nitrogens with one attached hydrogen (secondary N) is 1. The van der Waals surface area contributed by atoms with Crippen molar-refractivity contribution in [2.75, 3.05) is 5.32 Å². The van der Waals surface area contributed by atoms with Crippen molar-refractivity contribution in [2.24, 2.45) is 0 Å². The Bertz CT molecular complexity index is 1110. The van der Waals surface area contributed by atoms with E-state index in [0.717, 1.165) is 24.3 Å². The minimum Gasteiger partial charge on any atom is -0.325 e. The van der Waals surface area contributed by atoms with Gasteiger partial charge in [-0.15, -0.1) is 0 Å². The van der Waals surface area contributed by atoms with Crippen molar-refractivity contribution in [2.45, 2.75) is 30.6 Å². The molecule has 32 heavy (non-hydrogen) atoms. The smallest absolute Gasteiger partial charge is 0.325 e. The molecule has 1 N–H and O–H groups in total. The molecule has 0 saturated carbocycles. The number of benzene rings is 3. The average molecular weight is 449 g/mol. The van der Waals surface area contributed by atoms with Crippen molar-refractivity contribution >= 4 is 11.6 Å². The van der Waals surface area contributed by atoms with Crippen LogP contribution in [-0.2, 0) is 35.4 Å². The number of anilines is 1. The molecule has 2 nitrogen and oxygen atoms in total. The van der Waals surface area contributed by atoms with Crippen LogP contribution in [0.3, 0.4) is 0 Å². The van der Waals surface area contributed by atoms with E-state index in [2.05, 4.69) is 5.32 Å². The van der Waals surface area contributed by atoms with Gasteiger partial charge in [0.25, 0.3) is 0 Å². The zero-order valence-electron chi connectivity index (χ0n) is 16.5. The number of hydrogen-bond acceptors (Lipinski definition) is 1. The molecule has 0 spiro atoms. The second kappa shape index (κ2) is 7.69. The zero-order valence-corrected chi connectivity index (χ0v) is 16.5. The molecule has 0 radical (unpaired) electrons. The third-order valence-electron chi connectivity index (χ3n) is 5.65. The maximum atomic E-state index is 13.2. The molecule has 4 rings (SSSR count). The molecule has 1 aliphatic heterocycles. The van der Waals surface area contributed by atoms with Crippen LogP contribution in [0, 0.1) is 0 Å². The second-order valence-corrected chi connectivity index (χ2v) is 7.83. The van der Waals surface area contributed by atoms with Crippen molar-refractivity contribution in [3.05, 3.63) is 101 Å². The number of halogens is 6. The second-order valence-electron chi connectivity index (χ2n) is 7.83. The Morgan fingerprint density at radius 1 is 0.688 bits per heavy atom. The summed E-state index contributed by atoms with van der Waals surface area (Å²) < 4.78 is 79.3. The van der Waals surface area contributed by atoms with Crippen molar-refractivity contribution in [3.63, 3.8) is 0 Å². The maximum absolute atomic E-state index is 13.2. The van der Waals surface area contributed by atoms with Crippen LogP contribution in [-0.4, -0.2) is 5.91 Å². The molecule has 3 aromatic carbocycles. The number of alkyl halides is 6. The Kier molecular flexibility index (Phi) is 5.27. The normalized spacial score (nSPS) is 15.4. The molecule has 0 atom stereocenters. The van der Waals surface area contributed by atoms with E-state index in [-0.39, 0.29) is 24.0 Å². The third-order valence-corrected chi connectivity index (χ3v) is 5.65. The van der Waals surface area contributed by atoms with E-state index < -0.39 is 34.8 Å². The van der Waals surface area contributed by atoms with Gasteiger partial charge in [-0.3, -0.25) is 4.79 Å². The Balaban J connectivity index is 1.81. The van der Waals surface area contributed by atoms with Crippen LogP contribution in [0.1, 0.15) is 27.8 Å². The fourth-order valence-corrected chi connectivity index (χ4v) is 4.20. The molecule has 166 valence electrons. The quantitative estimate of drug-likeness (QED) is 0.459. The lowest BCUT2D eigenvalue weighted by Gasteiger charge is -2.28. The van der Waals surface area contributed by atoms with E-state index in [9.17, 15) is 31.1 Å².